The van der Waals surface area contributed by atoms with Crippen molar-refractivity contribution in [3.05, 3.63) is 24.3 Å². The van der Waals surface area contributed by atoms with Gasteiger partial charge in [-0.25, -0.2) is 0 Å². The Kier molecular flexibility index (Phi) is 4.76. The lowest BCUT2D eigenvalue weighted by atomic mass is 10.1. The third-order valence-corrected chi connectivity index (χ3v) is 3.00. The largest absolute Gasteiger partial charge is 0.370 e. The summed E-state index contributed by atoms with van der Waals surface area (Å²) in [4.78, 5) is 13.8. The second-order valence-corrected chi connectivity index (χ2v) is 5.58. The molecule has 0 unspecified atom stereocenters. The fraction of sp³-hybridized carbons (Fsp3) is 0.533. The molecule has 0 aliphatic carbocycles. The number of rotatable bonds is 4. The van der Waals surface area contributed by atoms with Gasteiger partial charge in [-0.05, 0) is 45.4 Å². The van der Waals surface area contributed by atoms with Crippen molar-refractivity contribution in [1.29, 1.82) is 0 Å². The highest BCUT2D eigenvalue weighted by Gasteiger charge is 2.17. The summed E-state index contributed by atoms with van der Waals surface area (Å²) >= 11 is 0. The predicted molar refractivity (Wildman–Crippen MR) is 78.1 cm³/mol. The smallest absolute Gasteiger partial charge is 0.224 e. The van der Waals surface area contributed by atoms with Gasteiger partial charge in [-0.15, -0.1) is 0 Å². The van der Waals surface area contributed by atoms with E-state index in [9.17, 15) is 4.79 Å². The molecule has 0 aliphatic rings. The van der Waals surface area contributed by atoms with Crippen LogP contribution in [-0.2, 0) is 4.79 Å². The molecule has 0 aliphatic heterocycles. The molecule has 1 amide bonds. The molecule has 0 bridgehead atoms. The second-order valence-electron chi connectivity index (χ2n) is 5.58. The SMILES string of the molecule is CCCC(=O)Nc1cccc(N(C)C(C)(C)C)c1. The average molecular weight is 248 g/mol. The molecule has 3 heteroatoms. The van der Waals surface area contributed by atoms with E-state index in [1.165, 1.54) is 0 Å². The highest BCUT2D eigenvalue weighted by Crippen LogP contribution is 2.24. The highest BCUT2D eigenvalue weighted by atomic mass is 16.1. The predicted octanol–water partition coefficient (Wildman–Crippen LogP) is 3.66. The monoisotopic (exact) mass is 248 g/mol. The molecule has 0 fully saturated rings. The number of amides is 1. The molecule has 0 spiro atoms. The molecule has 0 radical (unpaired) electrons. The van der Waals surface area contributed by atoms with Crippen LogP contribution in [0.15, 0.2) is 24.3 Å². The Morgan fingerprint density at radius 3 is 2.56 bits per heavy atom. The molecule has 0 saturated heterocycles. The molecule has 1 aromatic rings. The first-order valence-electron chi connectivity index (χ1n) is 6.48. The van der Waals surface area contributed by atoms with E-state index in [-0.39, 0.29) is 11.4 Å². The molecule has 18 heavy (non-hydrogen) atoms. The normalized spacial score (nSPS) is 11.2. The molecule has 1 N–H and O–H groups in total. The third kappa shape index (κ3) is 4.06. The number of hydrogen-bond donors (Lipinski definition) is 1. The van der Waals surface area contributed by atoms with Crippen molar-refractivity contribution in [1.82, 2.24) is 0 Å². The highest BCUT2D eigenvalue weighted by molar-refractivity contribution is 5.91. The lowest BCUT2D eigenvalue weighted by Gasteiger charge is -2.34. The average Bonchev–Trinajstić information content (AvgIpc) is 2.27. The van der Waals surface area contributed by atoms with E-state index in [4.69, 9.17) is 0 Å². The number of carbonyl (C=O) groups is 1. The van der Waals surface area contributed by atoms with Crippen LogP contribution in [0.3, 0.4) is 0 Å². The molecule has 0 atom stereocenters. The first kappa shape index (κ1) is 14.6. The van der Waals surface area contributed by atoms with Crippen molar-refractivity contribution in [2.75, 3.05) is 17.3 Å². The van der Waals surface area contributed by atoms with Gasteiger partial charge in [0.1, 0.15) is 0 Å². The van der Waals surface area contributed by atoms with Gasteiger partial charge in [-0.2, -0.15) is 0 Å². The fourth-order valence-electron chi connectivity index (χ4n) is 1.63. The van der Waals surface area contributed by atoms with E-state index in [0.29, 0.717) is 6.42 Å². The van der Waals surface area contributed by atoms with Crippen LogP contribution in [-0.4, -0.2) is 18.5 Å². The summed E-state index contributed by atoms with van der Waals surface area (Å²) in [6, 6.07) is 7.96. The molecular weight excluding hydrogens is 224 g/mol. The number of nitrogens with one attached hydrogen (secondary N) is 1. The van der Waals surface area contributed by atoms with Crippen molar-refractivity contribution in [3.63, 3.8) is 0 Å². The Morgan fingerprint density at radius 1 is 1.33 bits per heavy atom. The summed E-state index contributed by atoms with van der Waals surface area (Å²) in [5.74, 6) is 0.0769. The summed E-state index contributed by atoms with van der Waals surface area (Å²) in [5, 5.41) is 2.92. The van der Waals surface area contributed by atoms with Crippen molar-refractivity contribution >= 4 is 17.3 Å². The maximum atomic E-state index is 11.6. The van der Waals surface area contributed by atoms with Gasteiger partial charge in [0.05, 0.1) is 0 Å². The number of benzene rings is 1. The second kappa shape index (κ2) is 5.89. The Bertz CT molecular complexity index is 407. The number of hydrogen-bond acceptors (Lipinski definition) is 2. The van der Waals surface area contributed by atoms with Gasteiger partial charge in [0.25, 0.3) is 0 Å². The topological polar surface area (TPSA) is 32.3 Å². The number of carbonyl (C=O) groups excluding carboxylic acids is 1. The Morgan fingerprint density at radius 2 is 2.00 bits per heavy atom. The van der Waals surface area contributed by atoms with Crippen LogP contribution in [0.25, 0.3) is 0 Å². The zero-order valence-corrected chi connectivity index (χ0v) is 12.1. The van der Waals surface area contributed by atoms with Gasteiger partial charge in [-0.1, -0.05) is 13.0 Å². The van der Waals surface area contributed by atoms with Crippen LogP contribution in [0.1, 0.15) is 40.5 Å². The molecule has 3 nitrogen and oxygen atoms in total. The van der Waals surface area contributed by atoms with Gasteiger partial charge in [0.2, 0.25) is 5.91 Å². The van der Waals surface area contributed by atoms with E-state index in [1.54, 1.807) is 0 Å². The molecule has 0 aromatic heterocycles. The van der Waals surface area contributed by atoms with Crippen LogP contribution in [0, 0.1) is 0 Å². The van der Waals surface area contributed by atoms with Crippen molar-refractivity contribution in [2.24, 2.45) is 0 Å². The van der Waals surface area contributed by atoms with Crippen molar-refractivity contribution < 1.29 is 4.79 Å². The van der Waals surface area contributed by atoms with E-state index < -0.39 is 0 Å². The molecule has 0 heterocycles. The van der Waals surface area contributed by atoms with E-state index >= 15 is 0 Å². The van der Waals surface area contributed by atoms with Gasteiger partial charge in [-0.3, -0.25) is 4.79 Å². The summed E-state index contributed by atoms with van der Waals surface area (Å²) < 4.78 is 0. The van der Waals surface area contributed by atoms with E-state index in [2.05, 4.69) is 44.1 Å². The third-order valence-electron chi connectivity index (χ3n) is 3.00. The van der Waals surface area contributed by atoms with Crippen molar-refractivity contribution in [2.45, 2.75) is 46.1 Å². The maximum Gasteiger partial charge on any atom is 0.224 e. The first-order chi connectivity index (χ1) is 8.34. The molecule has 1 aromatic carbocycles. The Hall–Kier alpha value is -1.51. The maximum absolute atomic E-state index is 11.6. The quantitative estimate of drug-likeness (QED) is 0.882. The zero-order valence-electron chi connectivity index (χ0n) is 12.1. The molecular formula is C15H24N2O. The van der Waals surface area contributed by atoms with Crippen LogP contribution in [0.5, 0.6) is 0 Å². The first-order valence-corrected chi connectivity index (χ1v) is 6.48. The molecule has 0 saturated carbocycles. The van der Waals surface area contributed by atoms with Crippen molar-refractivity contribution in [3.8, 4) is 0 Å². The molecule has 100 valence electrons. The summed E-state index contributed by atoms with van der Waals surface area (Å²) in [6.07, 6.45) is 1.44. The van der Waals surface area contributed by atoms with Gasteiger partial charge >= 0.3 is 0 Å². The van der Waals surface area contributed by atoms with Crippen LogP contribution < -0.4 is 10.2 Å². The number of anilines is 2. The van der Waals surface area contributed by atoms with Crippen LogP contribution >= 0.6 is 0 Å². The van der Waals surface area contributed by atoms with Gasteiger partial charge < -0.3 is 10.2 Å². The van der Waals surface area contributed by atoms with E-state index in [1.807, 2.05) is 25.1 Å². The minimum absolute atomic E-state index is 0.0616. The Balaban J connectivity index is 2.83. The fourth-order valence-corrected chi connectivity index (χ4v) is 1.63. The van der Waals surface area contributed by atoms with Crippen LogP contribution in [0.4, 0.5) is 11.4 Å². The van der Waals surface area contributed by atoms with E-state index in [0.717, 1.165) is 17.8 Å². The zero-order chi connectivity index (χ0) is 13.8. The van der Waals surface area contributed by atoms with Gasteiger partial charge in [0, 0.05) is 30.4 Å². The summed E-state index contributed by atoms with van der Waals surface area (Å²) in [6.45, 7) is 8.49. The van der Waals surface area contributed by atoms with Gasteiger partial charge in [0.15, 0.2) is 0 Å². The number of nitrogens with zero attached hydrogens (tertiary/aromatic N) is 1. The minimum Gasteiger partial charge on any atom is -0.370 e. The lowest BCUT2D eigenvalue weighted by molar-refractivity contribution is -0.116. The lowest BCUT2D eigenvalue weighted by Crippen LogP contribution is -2.38. The minimum atomic E-state index is 0.0616. The Labute approximate surface area is 110 Å². The summed E-state index contributed by atoms with van der Waals surface area (Å²) in [7, 11) is 2.06. The molecule has 1 rings (SSSR count). The standard InChI is InChI=1S/C15H24N2O/c1-6-8-14(18)16-12-9-7-10-13(11-12)17(5)15(2,3)4/h7,9-11H,6,8H2,1-5H3,(H,16,18). The summed E-state index contributed by atoms with van der Waals surface area (Å²) in [5.41, 5.74) is 2.03. The van der Waals surface area contributed by atoms with Crippen LogP contribution in [0.2, 0.25) is 0 Å².